The van der Waals surface area contributed by atoms with E-state index < -0.39 is 0 Å². The Balaban J connectivity index is 1.65. The first-order valence-electron chi connectivity index (χ1n) is 7.60. The first-order chi connectivity index (χ1) is 9.15. The maximum absolute atomic E-state index is 12.8. The van der Waals surface area contributed by atoms with Crippen LogP contribution < -0.4 is 5.32 Å². The number of hydrogen-bond donors (Lipinski definition) is 1. The van der Waals surface area contributed by atoms with Gasteiger partial charge in [0.25, 0.3) is 0 Å². The molecule has 2 heteroatoms. The second-order valence-electron chi connectivity index (χ2n) is 6.28. The van der Waals surface area contributed by atoms with Crippen LogP contribution >= 0.6 is 0 Å². The van der Waals surface area contributed by atoms with E-state index in [1.165, 1.54) is 37.8 Å². The van der Waals surface area contributed by atoms with Gasteiger partial charge in [0.05, 0.1) is 0 Å². The monoisotopic (exact) mass is 263 g/mol. The van der Waals surface area contributed by atoms with Crippen LogP contribution in [0.1, 0.15) is 45.1 Å². The molecule has 0 spiro atoms. The van der Waals surface area contributed by atoms with Crippen molar-refractivity contribution in [3.63, 3.8) is 0 Å². The van der Waals surface area contributed by atoms with E-state index >= 15 is 0 Å². The lowest BCUT2D eigenvalue weighted by Crippen LogP contribution is -2.27. The zero-order valence-electron chi connectivity index (χ0n) is 12.2. The van der Waals surface area contributed by atoms with E-state index in [0.29, 0.717) is 0 Å². The van der Waals surface area contributed by atoms with Crippen LogP contribution in [0.2, 0.25) is 0 Å². The predicted molar refractivity (Wildman–Crippen MR) is 78.4 cm³/mol. The fourth-order valence-corrected chi connectivity index (χ4v) is 3.08. The molecule has 0 aromatic heterocycles. The van der Waals surface area contributed by atoms with Crippen LogP contribution in [0.3, 0.4) is 0 Å². The second kappa shape index (κ2) is 7.04. The molecular weight excluding hydrogens is 237 g/mol. The fraction of sp³-hybridized carbons (Fsp3) is 0.647. The van der Waals surface area contributed by atoms with Gasteiger partial charge in [-0.25, -0.2) is 4.39 Å². The van der Waals surface area contributed by atoms with Gasteiger partial charge in [0.15, 0.2) is 0 Å². The summed E-state index contributed by atoms with van der Waals surface area (Å²) < 4.78 is 12.8. The minimum Gasteiger partial charge on any atom is -0.312 e. The van der Waals surface area contributed by atoms with Crippen molar-refractivity contribution in [3.8, 4) is 0 Å². The lowest BCUT2D eigenvalue weighted by molar-refractivity contribution is 0.220. The first-order valence-corrected chi connectivity index (χ1v) is 7.60. The van der Waals surface area contributed by atoms with E-state index in [0.717, 1.165) is 36.4 Å². The molecule has 1 aromatic rings. The van der Waals surface area contributed by atoms with Crippen molar-refractivity contribution in [3.05, 3.63) is 35.6 Å². The Labute approximate surface area is 116 Å². The van der Waals surface area contributed by atoms with E-state index in [-0.39, 0.29) is 5.82 Å². The largest absolute Gasteiger partial charge is 0.312 e. The Kier molecular flexibility index (Phi) is 5.38. The Morgan fingerprint density at radius 3 is 2.32 bits per heavy atom. The molecular formula is C17H26FN. The van der Waals surface area contributed by atoms with Crippen LogP contribution in [0.5, 0.6) is 0 Å². The molecule has 2 rings (SSSR count). The average Bonchev–Trinajstić information content (AvgIpc) is 2.41. The van der Waals surface area contributed by atoms with E-state index in [9.17, 15) is 4.39 Å². The number of rotatable bonds is 5. The van der Waals surface area contributed by atoms with Gasteiger partial charge in [-0.15, -0.1) is 0 Å². The van der Waals surface area contributed by atoms with E-state index in [1.807, 2.05) is 12.1 Å². The molecule has 1 nitrogen and oxygen atoms in total. The summed E-state index contributed by atoms with van der Waals surface area (Å²) in [5, 5.41) is 3.51. The van der Waals surface area contributed by atoms with Gasteiger partial charge < -0.3 is 5.32 Å². The summed E-state index contributed by atoms with van der Waals surface area (Å²) in [6.07, 6.45) is 5.50. The predicted octanol–water partition coefficient (Wildman–Crippen LogP) is 4.38. The van der Waals surface area contributed by atoms with Gasteiger partial charge in [-0.05, 0) is 67.7 Å². The van der Waals surface area contributed by atoms with Crippen LogP contribution in [0.4, 0.5) is 4.39 Å². The molecule has 0 atom stereocenters. The maximum atomic E-state index is 12.8. The molecule has 0 unspecified atom stereocenters. The van der Waals surface area contributed by atoms with Crippen LogP contribution in [-0.4, -0.2) is 6.54 Å². The molecule has 1 saturated carbocycles. The van der Waals surface area contributed by atoms with Crippen molar-refractivity contribution < 1.29 is 4.39 Å². The van der Waals surface area contributed by atoms with Crippen molar-refractivity contribution in [1.29, 1.82) is 0 Å². The van der Waals surface area contributed by atoms with E-state index in [1.54, 1.807) is 0 Å². The molecule has 106 valence electrons. The third kappa shape index (κ3) is 4.61. The van der Waals surface area contributed by atoms with E-state index in [2.05, 4.69) is 19.2 Å². The zero-order valence-corrected chi connectivity index (χ0v) is 12.2. The molecule has 1 fully saturated rings. The Bertz CT molecular complexity index is 363. The Hall–Kier alpha value is -0.890. The second-order valence-corrected chi connectivity index (χ2v) is 6.28. The van der Waals surface area contributed by atoms with E-state index in [4.69, 9.17) is 0 Å². The lowest BCUT2D eigenvalue weighted by Gasteiger charge is -2.31. The molecule has 1 N–H and O–H groups in total. The average molecular weight is 263 g/mol. The topological polar surface area (TPSA) is 12.0 Å². The van der Waals surface area contributed by atoms with Gasteiger partial charge in [-0.2, -0.15) is 0 Å². The minimum atomic E-state index is -0.157. The number of nitrogens with one attached hydrogen (secondary N) is 1. The number of benzene rings is 1. The smallest absolute Gasteiger partial charge is 0.123 e. The molecule has 19 heavy (non-hydrogen) atoms. The van der Waals surface area contributed by atoms with Crippen molar-refractivity contribution >= 4 is 0 Å². The molecule has 0 heterocycles. The third-order valence-electron chi connectivity index (χ3n) is 4.51. The van der Waals surface area contributed by atoms with Crippen molar-refractivity contribution in [2.75, 3.05) is 6.54 Å². The van der Waals surface area contributed by atoms with Gasteiger partial charge >= 0.3 is 0 Å². The summed E-state index contributed by atoms with van der Waals surface area (Å²) >= 11 is 0. The molecule has 1 aromatic carbocycles. The summed E-state index contributed by atoms with van der Waals surface area (Å²) in [4.78, 5) is 0. The highest BCUT2D eigenvalue weighted by Gasteiger charge is 2.22. The van der Waals surface area contributed by atoms with Gasteiger partial charge in [-0.1, -0.05) is 26.0 Å². The molecule has 0 bridgehead atoms. The highest BCUT2D eigenvalue weighted by Crippen LogP contribution is 2.32. The van der Waals surface area contributed by atoms with Gasteiger partial charge in [-0.3, -0.25) is 0 Å². The van der Waals surface area contributed by atoms with Gasteiger partial charge in [0.1, 0.15) is 5.82 Å². The summed E-state index contributed by atoms with van der Waals surface area (Å²) in [5.74, 6) is 2.45. The molecule has 0 radical (unpaired) electrons. The van der Waals surface area contributed by atoms with Crippen LogP contribution in [0, 0.1) is 23.6 Å². The summed E-state index contributed by atoms with van der Waals surface area (Å²) in [6, 6.07) is 6.78. The summed E-state index contributed by atoms with van der Waals surface area (Å²) in [5.41, 5.74) is 1.16. The molecule has 0 aliphatic heterocycles. The highest BCUT2D eigenvalue weighted by molar-refractivity contribution is 5.15. The lowest BCUT2D eigenvalue weighted by atomic mass is 9.77. The Morgan fingerprint density at radius 1 is 1.11 bits per heavy atom. The normalized spacial score (nSPS) is 23.8. The zero-order chi connectivity index (χ0) is 13.7. The molecule has 1 aliphatic rings. The van der Waals surface area contributed by atoms with Crippen molar-refractivity contribution in [2.24, 2.45) is 17.8 Å². The standard InChI is InChI=1S/C17H26FN/c1-13(2)16-7-3-14(4-8-16)11-19-12-15-5-9-17(18)10-6-15/h5-6,9-10,13-14,16,19H,3-4,7-8,11-12H2,1-2H3/t14-,16-. The number of halogens is 1. The Morgan fingerprint density at radius 2 is 1.74 bits per heavy atom. The minimum absolute atomic E-state index is 0.157. The van der Waals surface area contributed by atoms with Crippen molar-refractivity contribution in [2.45, 2.75) is 46.1 Å². The summed E-state index contributed by atoms with van der Waals surface area (Å²) in [7, 11) is 0. The number of hydrogen-bond acceptors (Lipinski definition) is 1. The van der Waals surface area contributed by atoms with Crippen LogP contribution in [0.15, 0.2) is 24.3 Å². The third-order valence-corrected chi connectivity index (χ3v) is 4.51. The fourth-order valence-electron chi connectivity index (χ4n) is 3.08. The van der Waals surface area contributed by atoms with Gasteiger partial charge in [0.2, 0.25) is 0 Å². The SMILES string of the molecule is CC(C)[C@H]1CC[C@H](CNCc2ccc(F)cc2)CC1. The van der Waals surface area contributed by atoms with Crippen LogP contribution in [0.25, 0.3) is 0 Å². The summed E-state index contributed by atoms with van der Waals surface area (Å²) in [6.45, 7) is 6.64. The quantitative estimate of drug-likeness (QED) is 0.831. The molecule has 1 aliphatic carbocycles. The van der Waals surface area contributed by atoms with Crippen molar-refractivity contribution in [1.82, 2.24) is 5.32 Å². The maximum Gasteiger partial charge on any atom is 0.123 e. The first kappa shape index (κ1) is 14.5. The molecule has 0 saturated heterocycles. The molecule has 0 amide bonds. The van der Waals surface area contributed by atoms with Gasteiger partial charge in [0, 0.05) is 6.54 Å². The van der Waals surface area contributed by atoms with Crippen LogP contribution in [-0.2, 0) is 6.54 Å². The highest BCUT2D eigenvalue weighted by atomic mass is 19.1.